The molecule has 0 saturated carbocycles. The molecule has 5 nitrogen and oxygen atoms in total. The summed E-state index contributed by atoms with van der Waals surface area (Å²) in [5, 5.41) is 9.20. The lowest BCUT2D eigenvalue weighted by Crippen LogP contribution is -2.36. The number of esters is 2. The van der Waals surface area contributed by atoms with E-state index in [1.807, 2.05) is 0 Å². The van der Waals surface area contributed by atoms with Gasteiger partial charge in [0.05, 0.1) is 12.5 Å². The summed E-state index contributed by atoms with van der Waals surface area (Å²) >= 11 is 0. The zero-order valence-electron chi connectivity index (χ0n) is 10.1. The van der Waals surface area contributed by atoms with Crippen LogP contribution in [0.1, 0.15) is 13.8 Å². The lowest BCUT2D eigenvalue weighted by atomic mass is 9.99. The quantitative estimate of drug-likeness (QED) is 0.529. The Hall–Kier alpha value is -1.62. The van der Waals surface area contributed by atoms with Crippen molar-refractivity contribution in [3.05, 3.63) is 25.3 Å². The van der Waals surface area contributed by atoms with Crippen molar-refractivity contribution in [2.24, 2.45) is 5.92 Å². The van der Waals surface area contributed by atoms with E-state index in [4.69, 9.17) is 9.47 Å². The number of carbonyl (C=O) groups is 2. The predicted molar refractivity (Wildman–Crippen MR) is 62.1 cm³/mol. The Labute approximate surface area is 101 Å². The Bertz CT molecular complexity index is 269. The fourth-order valence-corrected chi connectivity index (χ4v) is 1.32. The Morgan fingerprint density at radius 3 is 1.71 bits per heavy atom. The summed E-state index contributed by atoms with van der Waals surface area (Å²) < 4.78 is 9.91. The largest absolute Gasteiger partial charge is 0.459 e. The average molecular weight is 242 g/mol. The highest BCUT2D eigenvalue weighted by molar-refractivity contribution is 5.81. The summed E-state index contributed by atoms with van der Waals surface area (Å²) in [7, 11) is 0. The molecule has 0 aliphatic rings. The van der Waals surface area contributed by atoms with Gasteiger partial charge in [-0.2, -0.15) is 0 Å². The number of rotatable bonds is 7. The maximum Gasteiger partial charge on any atom is 0.330 e. The molecule has 0 aromatic rings. The van der Waals surface area contributed by atoms with Crippen LogP contribution >= 0.6 is 0 Å². The molecule has 0 aliphatic carbocycles. The van der Waals surface area contributed by atoms with E-state index < -0.39 is 30.1 Å². The minimum Gasteiger partial charge on any atom is -0.459 e. The van der Waals surface area contributed by atoms with E-state index in [1.165, 1.54) is 0 Å². The molecule has 0 aromatic heterocycles. The van der Waals surface area contributed by atoms with E-state index in [2.05, 4.69) is 13.2 Å². The van der Waals surface area contributed by atoms with Crippen LogP contribution in [-0.2, 0) is 19.1 Å². The third kappa shape index (κ3) is 5.31. The molecule has 0 aromatic carbocycles. The Morgan fingerprint density at radius 1 is 1.12 bits per heavy atom. The fraction of sp³-hybridized carbons (Fsp3) is 0.500. The van der Waals surface area contributed by atoms with E-state index in [0.29, 0.717) is 0 Å². The third-order valence-corrected chi connectivity index (χ3v) is 2.35. The molecule has 17 heavy (non-hydrogen) atoms. The van der Waals surface area contributed by atoms with Crippen LogP contribution in [0.25, 0.3) is 0 Å². The molecule has 5 heteroatoms. The van der Waals surface area contributed by atoms with Gasteiger partial charge in [-0.1, -0.05) is 13.2 Å². The molecule has 0 aliphatic heterocycles. The smallest absolute Gasteiger partial charge is 0.330 e. The van der Waals surface area contributed by atoms with E-state index in [9.17, 15) is 14.7 Å². The summed E-state index contributed by atoms with van der Waals surface area (Å²) in [6, 6.07) is 0. The summed E-state index contributed by atoms with van der Waals surface area (Å²) in [6.45, 7) is 9.50. The van der Waals surface area contributed by atoms with Gasteiger partial charge in [0.2, 0.25) is 0 Å². The van der Waals surface area contributed by atoms with Crippen LogP contribution in [0, 0.1) is 5.92 Å². The number of aliphatic hydroxyl groups is 1. The topological polar surface area (TPSA) is 72.8 Å². The molecule has 0 rings (SSSR count). The van der Waals surface area contributed by atoms with Crippen molar-refractivity contribution < 1.29 is 24.2 Å². The monoisotopic (exact) mass is 242 g/mol. The molecule has 2 atom stereocenters. The van der Waals surface area contributed by atoms with Gasteiger partial charge in [0.15, 0.2) is 0 Å². The number of ether oxygens (including phenoxy) is 2. The van der Waals surface area contributed by atoms with Crippen LogP contribution in [0.5, 0.6) is 0 Å². The first-order valence-corrected chi connectivity index (χ1v) is 5.23. The fourth-order valence-electron chi connectivity index (χ4n) is 1.32. The number of aliphatic hydroxyl groups excluding tert-OH is 1. The standard InChI is InChI=1S/C12H18O5/c1-5-11(14)16-8(3)10(7-13)9(4)17-12(15)6-2/h5-6,8-10,13H,1-2,7H2,3-4H3. The molecule has 0 saturated heterocycles. The molecule has 0 fully saturated rings. The second-order valence-electron chi connectivity index (χ2n) is 3.54. The second-order valence-corrected chi connectivity index (χ2v) is 3.54. The molecule has 1 N–H and O–H groups in total. The first-order chi connectivity index (χ1) is 7.96. The molecule has 0 radical (unpaired) electrons. The van der Waals surface area contributed by atoms with Gasteiger partial charge in [-0.25, -0.2) is 9.59 Å². The van der Waals surface area contributed by atoms with Crippen molar-refractivity contribution in [3.8, 4) is 0 Å². The van der Waals surface area contributed by atoms with E-state index >= 15 is 0 Å². The van der Waals surface area contributed by atoms with Crippen LogP contribution < -0.4 is 0 Å². The maximum absolute atomic E-state index is 11.0. The molecule has 0 amide bonds. The van der Waals surface area contributed by atoms with Gasteiger partial charge in [-0.3, -0.25) is 0 Å². The minimum atomic E-state index is -0.585. The van der Waals surface area contributed by atoms with Gasteiger partial charge in [0.25, 0.3) is 0 Å². The average Bonchev–Trinajstić information content (AvgIpc) is 2.29. The molecule has 2 unspecified atom stereocenters. The Morgan fingerprint density at radius 2 is 1.47 bits per heavy atom. The molecular weight excluding hydrogens is 224 g/mol. The number of hydrogen-bond acceptors (Lipinski definition) is 5. The molecule has 0 spiro atoms. The molecule has 0 heterocycles. The molecule has 0 bridgehead atoms. The number of carbonyl (C=O) groups excluding carboxylic acids is 2. The summed E-state index contributed by atoms with van der Waals surface area (Å²) in [6.07, 6.45) is 0.896. The van der Waals surface area contributed by atoms with Gasteiger partial charge in [-0.15, -0.1) is 0 Å². The van der Waals surface area contributed by atoms with E-state index in [-0.39, 0.29) is 6.61 Å². The highest BCUT2D eigenvalue weighted by Gasteiger charge is 2.27. The highest BCUT2D eigenvalue weighted by Crippen LogP contribution is 2.15. The molecule has 96 valence electrons. The molecular formula is C12H18O5. The minimum absolute atomic E-state index is 0.267. The normalized spacial score (nSPS) is 15.2. The van der Waals surface area contributed by atoms with Crippen LogP contribution in [0.4, 0.5) is 0 Å². The van der Waals surface area contributed by atoms with Crippen molar-refractivity contribution in [2.75, 3.05) is 6.61 Å². The number of hydrogen-bond donors (Lipinski definition) is 1. The first-order valence-electron chi connectivity index (χ1n) is 5.23. The summed E-state index contributed by atoms with van der Waals surface area (Å²) in [5.74, 6) is -1.67. The van der Waals surface area contributed by atoms with Gasteiger partial charge >= 0.3 is 11.9 Å². The maximum atomic E-state index is 11.0. The van der Waals surface area contributed by atoms with Crippen LogP contribution in [0.15, 0.2) is 25.3 Å². The van der Waals surface area contributed by atoms with Crippen molar-refractivity contribution in [3.63, 3.8) is 0 Å². The van der Waals surface area contributed by atoms with E-state index in [1.54, 1.807) is 13.8 Å². The van der Waals surface area contributed by atoms with Crippen molar-refractivity contribution in [2.45, 2.75) is 26.1 Å². The lowest BCUT2D eigenvalue weighted by Gasteiger charge is -2.26. The highest BCUT2D eigenvalue weighted by atomic mass is 16.6. The Kier molecular flexibility index (Phi) is 6.89. The van der Waals surface area contributed by atoms with Crippen molar-refractivity contribution in [1.29, 1.82) is 0 Å². The van der Waals surface area contributed by atoms with Crippen molar-refractivity contribution in [1.82, 2.24) is 0 Å². The Balaban J connectivity index is 4.47. The van der Waals surface area contributed by atoms with Gasteiger partial charge < -0.3 is 14.6 Å². The van der Waals surface area contributed by atoms with Gasteiger partial charge in [-0.05, 0) is 13.8 Å². The van der Waals surface area contributed by atoms with Gasteiger partial charge in [0, 0.05) is 12.2 Å². The van der Waals surface area contributed by atoms with Gasteiger partial charge in [0.1, 0.15) is 12.2 Å². The van der Waals surface area contributed by atoms with Crippen LogP contribution in [0.3, 0.4) is 0 Å². The third-order valence-electron chi connectivity index (χ3n) is 2.35. The second kappa shape index (κ2) is 7.62. The van der Waals surface area contributed by atoms with E-state index in [0.717, 1.165) is 12.2 Å². The summed E-state index contributed by atoms with van der Waals surface area (Å²) in [5.41, 5.74) is 0. The predicted octanol–water partition coefficient (Wildman–Crippen LogP) is 0.830. The van der Waals surface area contributed by atoms with Crippen molar-refractivity contribution >= 4 is 11.9 Å². The SMILES string of the molecule is C=CC(=O)OC(C)C(CO)C(C)OC(=O)C=C. The zero-order chi connectivity index (χ0) is 13.4. The lowest BCUT2D eigenvalue weighted by molar-refractivity contribution is -0.155. The van der Waals surface area contributed by atoms with Crippen LogP contribution in [-0.4, -0.2) is 35.9 Å². The first kappa shape index (κ1) is 15.4. The van der Waals surface area contributed by atoms with Crippen LogP contribution in [0.2, 0.25) is 0 Å². The zero-order valence-corrected chi connectivity index (χ0v) is 10.1. The summed E-state index contributed by atoms with van der Waals surface area (Å²) in [4.78, 5) is 22.0.